The first-order valence-corrected chi connectivity index (χ1v) is 6.25. The summed E-state index contributed by atoms with van der Waals surface area (Å²) >= 11 is 0.957. The number of thioether (sulfide) groups is 1. The lowest BCUT2D eigenvalue weighted by Crippen LogP contribution is -2.30. The molecule has 0 aliphatic carbocycles. The quantitative estimate of drug-likeness (QED) is 0.618. The van der Waals surface area contributed by atoms with E-state index in [4.69, 9.17) is 5.26 Å². The molecule has 1 fully saturated rings. The molecule has 2 amide bonds. The molecule has 0 radical (unpaired) electrons. The van der Waals surface area contributed by atoms with E-state index in [1.165, 1.54) is 24.3 Å². The highest BCUT2D eigenvalue weighted by Crippen LogP contribution is 2.28. The van der Waals surface area contributed by atoms with Gasteiger partial charge in [0.25, 0.3) is 0 Å². The molecule has 0 aromatic heterocycles. The van der Waals surface area contributed by atoms with Gasteiger partial charge in [-0.2, -0.15) is 5.26 Å². The summed E-state index contributed by atoms with van der Waals surface area (Å²) < 4.78 is 12.8. The first-order chi connectivity index (χ1) is 8.63. The SMILES string of the molecule is N#CSCC1CC(=O)N(c2ccc(F)cc2)C1=O. The summed E-state index contributed by atoms with van der Waals surface area (Å²) in [5, 5.41) is 10.3. The zero-order chi connectivity index (χ0) is 13.1. The van der Waals surface area contributed by atoms with Crippen molar-refractivity contribution in [3.05, 3.63) is 30.1 Å². The van der Waals surface area contributed by atoms with Crippen molar-refractivity contribution in [2.24, 2.45) is 5.92 Å². The molecule has 0 bridgehead atoms. The summed E-state index contributed by atoms with van der Waals surface area (Å²) in [5.41, 5.74) is 0.371. The van der Waals surface area contributed by atoms with Crippen LogP contribution in [0.1, 0.15) is 6.42 Å². The lowest BCUT2D eigenvalue weighted by Gasteiger charge is -2.14. The monoisotopic (exact) mass is 264 g/mol. The van der Waals surface area contributed by atoms with Gasteiger partial charge in [-0.3, -0.25) is 14.5 Å². The lowest BCUT2D eigenvalue weighted by atomic mass is 10.1. The zero-order valence-electron chi connectivity index (χ0n) is 9.30. The smallest absolute Gasteiger partial charge is 0.238 e. The van der Waals surface area contributed by atoms with Crippen molar-refractivity contribution in [1.29, 1.82) is 5.26 Å². The normalized spacial score (nSPS) is 19.1. The Morgan fingerprint density at radius 1 is 1.39 bits per heavy atom. The highest BCUT2D eigenvalue weighted by Gasteiger charge is 2.39. The van der Waals surface area contributed by atoms with Crippen LogP contribution >= 0.6 is 11.8 Å². The van der Waals surface area contributed by atoms with Crippen LogP contribution in [-0.2, 0) is 9.59 Å². The third-order valence-corrected chi connectivity index (χ3v) is 3.37. The number of imide groups is 1. The summed E-state index contributed by atoms with van der Waals surface area (Å²) in [5.74, 6) is -1.22. The van der Waals surface area contributed by atoms with Gasteiger partial charge in [-0.1, -0.05) is 0 Å². The molecule has 1 atom stereocenters. The summed E-state index contributed by atoms with van der Waals surface area (Å²) in [7, 11) is 0. The van der Waals surface area contributed by atoms with Crippen LogP contribution in [0.4, 0.5) is 10.1 Å². The molecule has 1 aromatic rings. The second kappa shape index (κ2) is 5.19. The van der Waals surface area contributed by atoms with Crippen LogP contribution < -0.4 is 4.90 Å². The van der Waals surface area contributed by atoms with Crippen LogP contribution in [0, 0.1) is 22.4 Å². The fraction of sp³-hybridized carbons (Fsp3) is 0.250. The van der Waals surface area contributed by atoms with Crippen molar-refractivity contribution in [2.45, 2.75) is 6.42 Å². The van der Waals surface area contributed by atoms with E-state index in [0.717, 1.165) is 16.7 Å². The zero-order valence-corrected chi connectivity index (χ0v) is 10.1. The molecule has 0 spiro atoms. The Kier molecular flexibility index (Phi) is 3.63. The molecule has 0 N–H and O–H groups in total. The minimum Gasteiger partial charge on any atom is -0.274 e. The third-order valence-electron chi connectivity index (χ3n) is 2.67. The van der Waals surface area contributed by atoms with E-state index in [1.807, 2.05) is 5.40 Å². The first kappa shape index (κ1) is 12.6. The Morgan fingerprint density at radius 3 is 2.67 bits per heavy atom. The molecule has 1 aliphatic heterocycles. The standard InChI is InChI=1S/C12H9FN2O2S/c13-9-1-3-10(4-2-9)15-11(16)5-8(12(15)17)6-18-7-14/h1-4,8H,5-6H2. The van der Waals surface area contributed by atoms with Gasteiger partial charge in [0.1, 0.15) is 11.2 Å². The van der Waals surface area contributed by atoms with Gasteiger partial charge in [-0.15, -0.1) is 0 Å². The molecule has 1 aromatic carbocycles. The topological polar surface area (TPSA) is 61.2 Å². The van der Waals surface area contributed by atoms with E-state index in [0.29, 0.717) is 11.4 Å². The summed E-state index contributed by atoms with van der Waals surface area (Å²) in [6.07, 6.45) is 0.102. The van der Waals surface area contributed by atoms with Crippen molar-refractivity contribution in [3.8, 4) is 5.40 Å². The van der Waals surface area contributed by atoms with E-state index < -0.39 is 11.7 Å². The van der Waals surface area contributed by atoms with E-state index in [9.17, 15) is 14.0 Å². The average Bonchev–Trinajstić information content (AvgIpc) is 2.63. The first-order valence-electron chi connectivity index (χ1n) is 5.26. The van der Waals surface area contributed by atoms with Gasteiger partial charge in [-0.25, -0.2) is 4.39 Å². The average molecular weight is 264 g/mol. The minimum absolute atomic E-state index is 0.102. The summed E-state index contributed by atoms with van der Waals surface area (Å²) in [4.78, 5) is 24.8. The van der Waals surface area contributed by atoms with Gasteiger partial charge in [0.05, 0.1) is 11.6 Å². The number of thiocyanates is 1. The van der Waals surface area contributed by atoms with Crippen molar-refractivity contribution in [2.75, 3.05) is 10.7 Å². The number of benzene rings is 1. The summed E-state index contributed by atoms with van der Waals surface area (Å²) in [6, 6.07) is 5.19. The Morgan fingerprint density at radius 2 is 2.06 bits per heavy atom. The number of carbonyl (C=O) groups is 2. The molecule has 2 rings (SSSR count). The molecule has 1 aliphatic rings. The predicted octanol–water partition coefficient (Wildman–Crippen LogP) is 1.92. The molecule has 6 heteroatoms. The maximum Gasteiger partial charge on any atom is 0.238 e. The van der Waals surface area contributed by atoms with E-state index in [1.54, 1.807) is 0 Å². The highest BCUT2D eigenvalue weighted by atomic mass is 32.2. The molecule has 18 heavy (non-hydrogen) atoms. The van der Waals surface area contributed by atoms with Gasteiger partial charge in [0.2, 0.25) is 11.8 Å². The van der Waals surface area contributed by atoms with Crippen LogP contribution in [0.3, 0.4) is 0 Å². The third kappa shape index (κ3) is 2.36. The Hall–Kier alpha value is -1.87. The molecule has 92 valence electrons. The number of amides is 2. The fourth-order valence-corrected chi connectivity index (χ4v) is 2.36. The summed E-state index contributed by atoms with van der Waals surface area (Å²) in [6.45, 7) is 0. The van der Waals surface area contributed by atoms with Crippen molar-refractivity contribution < 1.29 is 14.0 Å². The van der Waals surface area contributed by atoms with Gasteiger partial charge in [0.15, 0.2) is 0 Å². The predicted molar refractivity (Wildman–Crippen MR) is 65.1 cm³/mol. The van der Waals surface area contributed by atoms with Crippen molar-refractivity contribution >= 4 is 29.3 Å². The van der Waals surface area contributed by atoms with Crippen LogP contribution in [0.2, 0.25) is 0 Å². The van der Waals surface area contributed by atoms with Gasteiger partial charge in [-0.05, 0) is 36.0 Å². The number of anilines is 1. The van der Waals surface area contributed by atoms with E-state index >= 15 is 0 Å². The molecule has 4 nitrogen and oxygen atoms in total. The lowest BCUT2D eigenvalue weighted by molar-refractivity contribution is -0.122. The largest absolute Gasteiger partial charge is 0.274 e. The number of hydrogen-bond acceptors (Lipinski definition) is 4. The Labute approximate surface area is 107 Å². The Bertz CT molecular complexity index is 524. The molecular weight excluding hydrogens is 255 g/mol. The van der Waals surface area contributed by atoms with Crippen LogP contribution in [0.25, 0.3) is 0 Å². The molecular formula is C12H9FN2O2S. The number of halogens is 1. The Balaban J connectivity index is 2.19. The molecule has 0 saturated carbocycles. The van der Waals surface area contributed by atoms with Crippen molar-refractivity contribution in [1.82, 2.24) is 0 Å². The maximum absolute atomic E-state index is 12.8. The molecule has 1 heterocycles. The number of rotatable bonds is 3. The van der Waals surface area contributed by atoms with E-state index in [-0.39, 0.29) is 18.2 Å². The number of nitriles is 1. The molecule has 1 saturated heterocycles. The van der Waals surface area contributed by atoms with Gasteiger partial charge in [0, 0.05) is 12.2 Å². The number of nitrogens with zero attached hydrogens (tertiary/aromatic N) is 2. The second-order valence-electron chi connectivity index (χ2n) is 3.85. The van der Waals surface area contributed by atoms with Crippen LogP contribution in [0.15, 0.2) is 24.3 Å². The number of hydrogen-bond donors (Lipinski definition) is 0. The van der Waals surface area contributed by atoms with E-state index in [2.05, 4.69) is 0 Å². The van der Waals surface area contributed by atoms with Gasteiger partial charge >= 0.3 is 0 Å². The van der Waals surface area contributed by atoms with Crippen molar-refractivity contribution in [3.63, 3.8) is 0 Å². The van der Waals surface area contributed by atoms with Crippen LogP contribution in [0.5, 0.6) is 0 Å². The maximum atomic E-state index is 12.8. The highest BCUT2D eigenvalue weighted by molar-refractivity contribution is 8.03. The second-order valence-corrected chi connectivity index (χ2v) is 4.65. The fourth-order valence-electron chi connectivity index (χ4n) is 1.82. The molecule has 1 unspecified atom stereocenters. The van der Waals surface area contributed by atoms with Gasteiger partial charge < -0.3 is 0 Å². The minimum atomic E-state index is -0.466. The number of carbonyl (C=O) groups excluding carboxylic acids is 2. The van der Waals surface area contributed by atoms with Crippen LogP contribution in [-0.4, -0.2) is 17.6 Å².